The van der Waals surface area contributed by atoms with Crippen LogP contribution < -0.4 is 0 Å². The van der Waals surface area contributed by atoms with Crippen molar-refractivity contribution in [3.63, 3.8) is 0 Å². The summed E-state index contributed by atoms with van der Waals surface area (Å²) in [6.45, 7) is 0. The molecule has 0 amide bonds. The van der Waals surface area contributed by atoms with E-state index < -0.39 is 15.4 Å². The highest BCUT2D eigenvalue weighted by atomic mass is 79.9. The Balaban J connectivity index is 4.57. The Morgan fingerprint density at radius 3 is 1.50 bits per heavy atom. The van der Waals surface area contributed by atoms with Gasteiger partial charge in [-0.05, 0) is 31.9 Å². The molecular formula is C3Br2F4O. The lowest BCUT2D eigenvalue weighted by molar-refractivity contribution is -0.144. The lowest BCUT2D eigenvalue weighted by Gasteiger charge is -2.17. The number of halogens is 6. The van der Waals surface area contributed by atoms with Gasteiger partial charge in [-0.1, -0.05) is 0 Å². The molecule has 0 aliphatic carbocycles. The predicted molar refractivity (Wildman–Crippen MR) is 32.8 cm³/mol. The third kappa shape index (κ3) is 1.91. The van der Waals surface area contributed by atoms with E-state index in [0.29, 0.717) is 0 Å². The molecule has 10 heavy (non-hydrogen) atoms. The van der Waals surface area contributed by atoms with Crippen molar-refractivity contribution in [1.82, 2.24) is 0 Å². The maximum absolute atomic E-state index is 12.1. The van der Waals surface area contributed by atoms with Crippen molar-refractivity contribution in [3.05, 3.63) is 0 Å². The van der Waals surface area contributed by atoms with Crippen LogP contribution in [-0.4, -0.2) is 15.4 Å². The zero-order chi connectivity index (χ0) is 8.58. The van der Waals surface area contributed by atoms with Crippen molar-refractivity contribution < 1.29 is 22.4 Å². The minimum Gasteiger partial charge on any atom is -0.256 e. The molecule has 0 aromatic heterocycles. The van der Waals surface area contributed by atoms with Crippen molar-refractivity contribution in [3.8, 4) is 0 Å². The number of hydrogen-bond acceptors (Lipinski definition) is 1. The molecule has 0 N–H and O–H groups in total. The van der Waals surface area contributed by atoms with Gasteiger partial charge in [0, 0.05) is 0 Å². The Kier molecular flexibility index (Phi) is 2.86. The molecule has 0 aliphatic heterocycles. The average molecular weight is 288 g/mol. The molecular weight excluding hydrogens is 288 g/mol. The van der Waals surface area contributed by atoms with Gasteiger partial charge in [0.25, 0.3) is 0 Å². The third-order valence-corrected chi connectivity index (χ3v) is 2.49. The van der Waals surface area contributed by atoms with Crippen LogP contribution in [0.4, 0.5) is 17.6 Å². The molecule has 1 atom stereocenters. The lowest BCUT2D eigenvalue weighted by atomic mass is 10.4. The summed E-state index contributed by atoms with van der Waals surface area (Å²) < 4.78 is 43.1. The Hall–Kier alpha value is 0.350. The molecule has 0 heterocycles. The Labute approximate surface area is 70.0 Å². The van der Waals surface area contributed by atoms with Gasteiger partial charge in [-0.3, -0.25) is 4.79 Å². The van der Waals surface area contributed by atoms with Crippen LogP contribution in [0.3, 0.4) is 0 Å². The second-order valence-electron chi connectivity index (χ2n) is 1.35. The van der Waals surface area contributed by atoms with Crippen LogP contribution in [0.25, 0.3) is 0 Å². The first kappa shape index (κ1) is 10.3. The zero-order valence-electron chi connectivity index (χ0n) is 4.18. The van der Waals surface area contributed by atoms with E-state index in [9.17, 15) is 22.4 Å². The normalized spacial score (nSPS) is 18.2. The summed E-state index contributed by atoms with van der Waals surface area (Å²) in [6.07, 6.45) is 0. The SMILES string of the molecule is O=C(F)C(F)(Br)C(F)(F)Br. The van der Waals surface area contributed by atoms with E-state index in [0.717, 1.165) is 0 Å². The summed E-state index contributed by atoms with van der Waals surface area (Å²) in [7, 11) is 0. The van der Waals surface area contributed by atoms with Crippen molar-refractivity contribution in [2.45, 2.75) is 9.41 Å². The van der Waals surface area contributed by atoms with E-state index in [-0.39, 0.29) is 0 Å². The smallest absolute Gasteiger partial charge is 0.256 e. The molecule has 0 fully saturated rings. The van der Waals surface area contributed by atoms with Gasteiger partial charge in [-0.25, -0.2) is 4.39 Å². The summed E-state index contributed by atoms with van der Waals surface area (Å²) in [5, 5.41) is 0. The van der Waals surface area contributed by atoms with Gasteiger partial charge in [-0.2, -0.15) is 13.2 Å². The minimum absolute atomic E-state index is 1.48. The molecule has 0 saturated heterocycles. The van der Waals surface area contributed by atoms with Gasteiger partial charge in [0.15, 0.2) is 0 Å². The summed E-state index contributed by atoms with van der Waals surface area (Å²) in [6, 6.07) is -2.78. The second-order valence-corrected chi connectivity index (χ2v) is 3.43. The van der Waals surface area contributed by atoms with E-state index in [1.54, 1.807) is 15.9 Å². The monoisotopic (exact) mass is 286 g/mol. The maximum atomic E-state index is 12.1. The van der Waals surface area contributed by atoms with Gasteiger partial charge in [0.05, 0.1) is 0 Å². The quantitative estimate of drug-likeness (QED) is 0.433. The molecule has 0 rings (SSSR count). The van der Waals surface area contributed by atoms with Crippen molar-refractivity contribution >= 4 is 37.9 Å². The number of hydrogen-bond donors (Lipinski definition) is 0. The summed E-state index contributed by atoms with van der Waals surface area (Å²) in [5.74, 6) is 0. The number of rotatable bonds is 2. The van der Waals surface area contributed by atoms with Crippen molar-refractivity contribution in [2.75, 3.05) is 0 Å². The topological polar surface area (TPSA) is 17.1 Å². The average Bonchev–Trinajstić information content (AvgIpc) is 1.62. The zero-order valence-corrected chi connectivity index (χ0v) is 7.35. The van der Waals surface area contributed by atoms with Crippen LogP contribution in [0.15, 0.2) is 0 Å². The summed E-state index contributed by atoms with van der Waals surface area (Å²) in [4.78, 5) is 5.27. The fraction of sp³-hybridized carbons (Fsp3) is 0.667. The number of carbonyl (C=O) groups is 1. The van der Waals surface area contributed by atoms with Gasteiger partial charge in [0.1, 0.15) is 0 Å². The van der Waals surface area contributed by atoms with Crippen LogP contribution in [-0.2, 0) is 4.79 Å². The van der Waals surface area contributed by atoms with Gasteiger partial charge >= 0.3 is 15.4 Å². The van der Waals surface area contributed by atoms with Crippen LogP contribution in [0.1, 0.15) is 0 Å². The molecule has 0 aromatic rings. The molecule has 0 aliphatic rings. The highest BCUT2D eigenvalue weighted by molar-refractivity contribution is 9.13. The van der Waals surface area contributed by atoms with Crippen LogP contribution >= 0.6 is 31.9 Å². The van der Waals surface area contributed by atoms with E-state index in [1.165, 1.54) is 15.9 Å². The first-order chi connectivity index (χ1) is 4.19. The lowest BCUT2D eigenvalue weighted by Crippen LogP contribution is -2.39. The predicted octanol–water partition coefficient (Wildman–Crippen LogP) is 2.53. The Morgan fingerprint density at radius 1 is 1.20 bits per heavy atom. The molecule has 0 aromatic carbocycles. The molecule has 0 radical (unpaired) electrons. The van der Waals surface area contributed by atoms with Crippen LogP contribution in [0.5, 0.6) is 0 Å². The summed E-state index contributed by atoms with van der Waals surface area (Å²) in [5.41, 5.74) is 0. The molecule has 1 unspecified atom stereocenters. The Morgan fingerprint density at radius 2 is 1.50 bits per heavy atom. The standard InChI is InChI=1S/C3Br2F4O/c4-2(7,1(6)10)3(5,8)9. The van der Waals surface area contributed by atoms with Crippen LogP contribution in [0.2, 0.25) is 0 Å². The first-order valence-electron chi connectivity index (χ1n) is 1.84. The number of alkyl halides is 5. The molecule has 60 valence electrons. The second kappa shape index (κ2) is 2.77. The highest BCUT2D eigenvalue weighted by Gasteiger charge is 2.58. The number of carbonyl (C=O) groups excluding carboxylic acids is 1. The van der Waals surface area contributed by atoms with Crippen molar-refractivity contribution in [1.29, 1.82) is 0 Å². The van der Waals surface area contributed by atoms with E-state index in [1.807, 2.05) is 0 Å². The maximum Gasteiger partial charge on any atom is 0.356 e. The molecule has 7 heteroatoms. The van der Waals surface area contributed by atoms with Gasteiger partial charge in [-0.15, -0.1) is 0 Å². The molecule has 0 saturated carbocycles. The first-order valence-corrected chi connectivity index (χ1v) is 3.42. The highest BCUT2D eigenvalue weighted by Crippen LogP contribution is 2.43. The van der Waals surface area contributed by atoms with E-state index >= 15 is 0 Å². The van der Waals surface area contributed by atoms with Crippen molar-refractivity contribution in [2.24, 2.45) is 0 Å². The summed E-state index contributed by atoms with van der Waals surface area (Å²) >= 11 is 3.06. The van der Waals surface area contributed by atoms with E-state index in [2.05, 4.69) is 0 Å². The fourth-order valence-corrected chi connectivity index (χ4v) is 0.267. The largest absolute Gasteiger partial charge is 0.356 e. The van der Waals surface area contributed by atoms with Gasteiger partial charge in [0.2, 0.25) is 0 Å². The molecule has 1 nitrogen and oxygen atoms in total. The molecule has 0 bridgehead atoms. The van der Waals surface area contributed by atoms with Crippen LogP contribution in [0, 0.1) is 0 Å². The minimum atomic E-state index is -4.24. The third-order valence-electron chi connectivity index (χ3n) is 0.603. The van der Waals surface area contributed by atoms with Gasteiger partial charge < -0.3 is 0 Å². The molecule has 0 spiro atoms. The fourth-order valence-electron chi connectivity index (χ4n) is 0.111. The Bertz CT molecular complexity index is 151. The van der Waals surface area contributed by atoms with E-state index in [4.69, 9.17) is 0 Å².